The molecule has 3 N–H and O–H groups in total. The summed E-state index contributed by atoms with van der Waals surface area (Å²) in [4.78, 5) is 9.03. The molecule has 1 atom stereocenters. The predicted octanol–water partition coefficient (Wildman–Crippen LogP) is 5.37. The van der Waals surface area contributed by atoms with E-state index in [0.29, 0.717) is 23.1 Å². The molecule has 1 saturated carbocycles. The summed E-state index contributed by atoms with van der Waals surface area (Å²) in [6, 6.07) is 5.52. The summed E-state index contributed by atoms with van der Waals surface area (Å²) in [6.07, 6.45) is 12.1. The van der Waals surface area contributed by atoms with E-state index in [-0.39, 0.29) is 5.41 Å². The first-order valence-corrected chi connectivity index (χ1v) is 13.3. The fourth-order valence-corrected chi connectivity index (χ4v) is 5.31. The predicted molar refractivity (Wildman–Crippen MR) is 143 cm³/mol. The van der Waals surface area contributed by atoms with Gasteiger partial charge in [0, 0.05) is 74.7 Å². The number of halogens is 1. The topological polar surface area (TPSA) is 80.3 Å². The molecule has 0 unspecified atom stereocenters. The second kappa shape index (κ2) is 12.3. The van der Waals surface area contributed by atoms with Gasteiger partial charge in [0.05, 0.1) is 17.3 Å². The Morgan fingerprint density at radius 3 is 2.60 bits per heavy atom. The van der Waals surface area contributed by atoms with E-state index in [0.717, 1.165) is 87.5 Å². The zero-order valence-corrected chi connectivity index (χ0v) is 22.0. The first-order valence-electron chi connectivity index (χ1n) is 12.9. The molecular weight excluding hydrogens is 462 g/mol. The zero-order chi connectivity index (χ0) is 24.7. The van der Waals surface area contributed by atoms with Crippen molar-refractivity contribution >= 4 is 23.1 Å². The largest absolute Gasteiger partial charge is 0.383 e. The van der Waals surface area contributed by atoms with Crippen molar-refractivity contribution in [3.63, 3.8) is 0 Å². The van der Waals surface area contributed by atoms with Crippen LogP contribution in [0, 0.1) is 5.41 Å². The smallest absolute Gasteiger partial charge is 0.126 e. The molecule has 1 saturated heterocycles. The molecule has 8 heteroatoms. The van der Waals surface area contributed by atoms with Gasteiger partial charge in [-0.2, -0.15) is 0 Å². The fourth-order valence-electron chi connectivity index (χ4n) is 5.09. The van der Waals surface area contributed by atoms with Crippen LogP contribution in [0.5, 0.6) is 0 Å². The Balaban J connectivity index is 1.36. The van der Waals surface area contributed by atoms with Crippen molar-refractivity contribution in [2.45, 2.75) is 70.5 Å². The van der Waals surface area contributed by atoms with Gasteiger partial charge in [-0.1, -0.05) is 18.5 Å². The van der Waals surface area contributed by atoms with Crippen molar-refractivity contribution in [1.29, 1.82) is 0 Å². The number of nitrogens with one attached hydrogen (secondary N) is 3. The van der Waals surface area contributed by atoms with Crippen LogP contribution >= 0.6 is 11.6 Å². The molecule has 35 heavy (non-hydrogen) atoms. The zero-order valence-electron chi connectivity index (χ0n) is 21.3. The van der Waals surface area contributed by atoms with Gasteiger partial charge in [-0.25, -0.2) is 4.98 Å². The quantitative estimate of drug-likeness (QED) is 0.403. The fraction of sp³-hybridized carbons (Fsp3) is 0.630. The Morgan fingerprint density at radius 2 is 1.86 bits per heavy atom. The van der Waals surface area contributed by atoms with Crippen LogP contribution in [0.25, 0.3) is 11.1 Å². The van der Waals surface area contributed by atoms with E-state index in [4.69, 9.17) is 21.1 Å². The van der Waals surface area contributed by atoms with Crippen molar-refractivity contribution in [3.8, 4) is 11.1 Å². The molecule has 7 nitrogen and oxygen atoms in total. The van der Waals surface area contributed by atoms with E-state index in [1.807, 2.05) is 18.5 Å². The molecule has 3 heterocycles. The number of rotatable bonds is 10. The minimum atomic E-state index is 0.246. The Hall–Kier alpha value is -1.93. The summed E-state index contributed by atoms with van der Waals surface area (Å²) in [5, 5.41) is 11.5. The molecule has 0 bridgehead atoms. The van der Waals surface area contributed by atoms with Crippen LogP contribution in [0.4, 0.5) is 11.5 Å². The highest BCUT2D eigenvalue weighted by atomic mass is 35.5. The first-order chi connectivity index (χ1) is 16.9. The Labute approximate surface area is 214 Å². The Morgan fingerprint density at radius 1 is 1.11 bits per heavy atom. The molecule has 1 aliphatic carbocycles. The van der Waals surface area contributed by atoms with Gasteiger partial charge >= 0.3 is 0 Å². The number of hydrogen-bond donors (Lipinski definition) is 3. The maximum atomic E-state index is 6.57. The highest BCUT2D eigenvalue weighted by Crippen LogP contribution is 2.33. The number of ether oxygens (including phenoxy) is 2. The van der Waals surface area contributed by atoms with Crippen molar-refractivity contribution in [2.75, 3.05) is 44.1 Å². The van der Waals surface area contributed by atoms with Crippen LogP contribution in [0.1, 0.15) is 52.4 Å². The van der Waals surface area contributed by atoms with Gasteiger partial charge in [-0.3, -0.25) is 4.98 Å². The maximum absolute atomic E-state index is 6.57. The number of aromatic nitrogens is 2. The molecule has 0 amide bonds. The van der Waals surface area contributed by atoms with E-state index in [2.05, 4.69) is 45.8 Å². The molecule has 2 fully saturated rings. The number of pyridine rings is 2. The second-order valence-electron chi connectivity index (χ2n) is 10.5. The summed E-state index contributed by atoms with van der Waals surface area (Å²) < 4.78 is 10.8. The van der Waals surface area contributed by atoms with E-state index in [9.17, 15) is 0 Å². The summed E-state index contributed by atoms with van der Waals surface area (Å²) in [5.74, 6) is 0.863. The maximum Gasteiger partial charge on any atom is 0.126 e. The van der Waals surface area contributed by atoms with Gasteiger partial charge < -0.3 is 25.4 Å². The molecule has 0 radical (unpaired) electrons. The van der Waals surface area contributed by atoms with E-state index in [1.165, 1.54) is 0 Å². The molecule has 192 valence electrons. The average Bonchev–Trinajstić information content (AvgIpc) is 2.86. The lowest BCUT2D eigenvalue weighted by Gasteiger charge is -2.33. The number of methoxy groups -OCH3 is 1. The number of anilines is 2. The molecule has 0 spiro atoms. The van der Waals surface area contributed by atoms with Crippen molar-refractivity contribution in [1.82, 2.24) is 15.3 Å². The van der Waals surface area contributed by atoms with Crippen LogP contribution in [-0.2, 0) is 9.47 Å². The van der Waals surface area contributed by atoms with Gasteiger partial charge in [-0.05, 0) is 63.0 Å². The van der Waals surface area contributed by atoms with Crippen LogP contribution in [0.3, 0.4) is 0 Å². The molecular formula is C27H40ClN5O2. The average molecular weight is 502 g/mol. The highest BCUT2D eigenvalue weighted by Gasteiger charge is 2.27. The number of nitrogens with zero attached hydrogens (tertiary/aromatic N) is 2. The second-order valence-corrected chi connectivity index (χ2v) is 10.9. The van der Waals surface area contributed by atoms with Crippen LogP contribution in [0.2, 0.25) is 5.02 Å². The summed E-state index contributed by atoms with van der Waals surface area (Å²) >= 11 is 6.57. The summed E-state index contributed by atoms with van der Waals surface area (Å²) in [7, 11) is 1.75. The van der Waals surface area contributed by atoms with Gasteiger partial charge in [0.25, 0.3) is 0 Å². The monoisotopic (exact) mass is 501 g/mol. The van der Waals surface area contributed by atoms with Crippen LogP contribution in [0.15, 0.2) is 30.7 Å². The Bertz CT molecular complexity index is 945. The van der Waals surface area contributed by atoms with E-state index in [1.54, 1.807) is 13.3 Å². The van der Waals surface area contributed by atoms with Crippen LogP contribution < -0.4 is 16.0 Å². The van der Waals surface area contributed by atoms with Gasteiger partial charge in [0.15, 0.2) is 0 Å². The minimum absolute atomic E-state index is 0.246. The minimum Gasteiger partial charge on any atom is -0.383 e. The molecule has 0 aromatic carbocycles. The van der Waals surface area contributed by atoms with Crippen molar-refractivity contribution in [2.24, 2.45) is 5.41 Å². The normalized spacial score (nSPS) is 23.0. The third-order valence-corrected chi connectivity index (χ3v) is 7.64. The summed E-state index contributed by atoms with van der Waals surface area (Å²) in [5.41, 5.74) is 3.19. The summed E-state index contributed by atoms with van der Waals surface area (Å²) in [6.45, 7) is 7.82. The van der Waals surface area contributed by atoms with E-state index < -0.39 is 0 Å². The van der Waals surface area contributed by atoms with Gasteiger partial charge in [0.1, 0.15) is 5.82 Å². The van der Waals surface area contributed by atoms with Crippen LogP contribution in [-0.4, -0.2) is 61.6 Å². The lowest BCUT2D eigenvalue weighted by atomic mass is 9.82. The third-order valence-electron chi connectivity index (χ3n) is 7.34. The SMILES string of the molecule is COC[C@H](C)N[C@H]1CC[C@H](Nc2cc(-c3cncc(NCC4(C)CCOCC4)c3)c(Cl)cn2)CC1. The standard InChI is InChI=1S/C27H40ClN5O2/c1-19(17-34-3)32-21-4-6-22(7-5-21)33-26-13-24(25(28)16-30-26)20-12-23(15-29-14-20)31-18-27(2)8-10-35-11-9-27/h12-16,19,21-22,31-32H,4-11,17-18H2,1-3H3,(H,30,33)/t19-,21-,22-/m0/s1. The molecule has 2 aromatic rings. The first kappa shape index (κ1) is 26.1. The Kier molecular flexibility index (Phi) is 9.22. The molecule has 2 aliphatic rings. The highest BCUT2D eigenvalue weighted by molar-refractivity contribution is 6.33. The van der Waals surface area contributed by atoms with Crippen molar-refractivity contribution in [3.05, 3.63) is 35.7 Å². The number of hydrogen-bond acceptors (Lipinski definition) is 7. The van der Waals surface area contributed by atoms with E-state index >= 15 is 0 Å². The van der Waals surface area contributed by atoms with Gasteiger partial charge in [-0.15, -0.1) is 0 Å². The van der Waals surface area contributed by atoms with Gasteiger partial charge in [0.2, 0.25) is 0 Å². The lowest BCUT2D eigenvalue weighted by molar-refractivity contribution is 0.0300. The molecule has 2 aromatic heterocycles. The third kappa shape index (κ3) is 7.53. The molecule has 4 rings (SSSR count). The van der Waals surface area contributed by atoms with Crippen molar-refractivity contribution < 1.29 is 9.47 Å². The lowest BCUT2D eigenvalue weighted by Crippen LogP contribution is -2.42. The molecule has 1 aliphatic heterocycles.